The molecular weight excluding hydrogens is 518 g/mol. The van der Waals surface area contributed by atoms with Gasteiger partial charge in [-0.25, -0.2) is 0 Å². The molecule has 198 valence electrons. The van der Waals surface area contributed by atoms with Gasteiger partial charge in [0.05, 0.1) is 36.7 Å². The third-order valence-electron chi connectivity index (χ3n) is 6.32. The summed E-state index contributed by atoms with van der Waals surface area (Å²) in [5, 5.41) is 10.0. The number of rotatable bonds is 9. The fraction of sp³-hybridized carbons (Fsp3) is 0.121. The van der Waals surface area contributed by atoms with E-state index in [2.05, 4.69) is 6.07 Å². The molecule has 40 heavy (non-hydrogen) atoms. The summed E-state index contributed by atoms with van der Waals surface area (Å²) in [7, 11) is 1.58. The molecule has 0 atom stereocenters. The van der Waals surface area contributed by atoms with E-state index < -0.39 is 0 Å². The second-order valence-electron chi connectivity index (χ2n) is 9.04. The maximum absolute atomic E-state index is 13.6. The zero-order valence-electron chi connectivity index (χ0n) is 22.0. The maximum Gasteiger partial charge on any atom is 0.267 e. The lowest BCUT2D eigenvalue weighted by Gasteiger charge is -2.15. The number of carbonyl (C=O) groups is 1. The molecule has 0 unspecified atom stereocenters. The summed E-state index contributed by atoms with van der Waals surface area (Å²) < 4.78 is 11.6. The summed E-state index contributed by atoms with van der Waals surface area (Å²) in [6.07, 6.45) is 1.85. The lowest BCUT2D eigenvalue weighted by Crippen LogP contribution is -2.28. The van der Waals surface area contributed by atoms with E-state index in [1.165, 1.54) is 11.8 Å². The van der Waals surface area contributed by atoms with Crippen LogP contribution < -0.4 is 9.47 Å². The Bertz CT molecular complexity index is 1590. The van der Waals surface area contributed by atoms with Crippen LogP contribution in [0.4, 0.5) is 0 Å². The molecule has 6 nitrogen and oxygen atoms in total. The molecule has 0 spiro atoms. The van der Waals surface area contributed by atoms with Crippen LogP contribution in [0.1, 0.15) is 27.8 Å². The molecule has 1 amide bonds. The minimum Gasteiger partial charge on any atom is -0.493 e. The van der Waals surface area contributed by atoms with Crippen molar-refractivity contribution in [1.29, 1.82) is 5.26 Å². The second-order valence-corrected chi connectivity index (χ2v) is 10.0. The molecule has 4 aromatic rings. The summed E-state index contributed by atoms with van der Waals surface area (Å²) in [4.78, 5) is 20.7. The van der Waals surface area contributed by atoms with Crippen LogP contribution in [0.3, 0.4) is 0 Å². The molecule has 1 saturated heterocycles. The number of methoxy groups -OCH3 is 1. The fourth-order valence-corrected chi connectivity index (χ4v) is 5.20. The number of thioether (sulfide) groups is 1. The molecular formula is C33H27N3O3S. The first-order chi connectivity index (χ1) is 19.6. The predicted octanol–water partition coefficient (Wildman–Crippen LogP) is 6.82. The van der Waals surface area contributed by atoms with Crippen molar-refractivity contribution in [2.24, 2.45) is 4.99 Å². The largest absolute Gasteiger partial charge is 0.493 e. The Balaban J connectivity index is 1.38. The molecule has 1 aliphatic heterocycles. The summed E-state index contributed by atoms with van der Waals surface area (Å²) in [6.45, 7) is 1.17. The van der Waals surface area contributed by atoms with Crippen molar-refractivity contribution < 1.29 is 14.3 Å². The molecule has 4 aromatic carbocycles. The second kappa shape index (κ2) is 12.8. The number of hydrogen-bond acceptors (Lipinski definition) is 6. The minimum atomic E-state index is -0.0898. The monoisotopic (exact) mass is 545 g/mol. The lowest BCUT2D eigenvalue weighted by molar-refractivity contribution is -0.122. The highest BCUT2D eigenvalue weighted by Gasteiger charge is 2.33. The van der Waals surface area contributed by atoms with Gasteiger partial charge in [0.1, 0.15) is 6.61 Å². The van der Waals surface area contributed by atoms with E-state index in [9.17, 15) is 10.1 Å². The number of hydrogen-bond donors (Lipinski definition) is 0. The van der Waals surface area contributed by atoms with Crippen LogP contribution >= 0.6 is 11.8 Å². The number of carbonyl (C=O) groups excluding carboxylic acids is 1. The number of benzene rings is 4. The van der Waals surface area contributed by atoms with Crippen LogP contribution in [0.5, 0.6) is 11.5 Å². The van der Waals surface area contributed by atoms with Gasteiger partial charge in [0.25, 0.3) is 5.91 Å². The van der Waals surface area contributed by atoms with Crippen LogP contribution in [0.2, 0.25) is 0 Å². The molecule has 0 N–H and O–H groups in total. The number of aliphatic imine (C=N–C) groups is 1. The number of nitrogens with zero attached hydrogens (tertiary/aromatic N) is 3. The van der Waals surface area contributed by atoms with Gasteiger partial charge in [-0.1, -0.05) is 84.9 Å². The van der Waals surface area contributed by atoms with Crippen molar-refractivity contribution in [1.82, 2.24) is 4.90 Å². The quantitative estimate of drug-likeness (QED) is 0.216. The summed E-state index contributed by atoms with van der Waals surface area (Å²) in [6, 6.07) is 35.0. The van der Waals surface area contributed by atoms with Crippen LogP contribution in [0, 0.1) is 11.3 Å². The first-order valence-corrected chi connectivity index (χ1v) is 13.6. The van der Waals surface area contributed by atoms with Gasteiger partial charge in [-0.3, -0.25) is 14.7 Å². The van der Waals surface area contributed by atoms with Crippen molar-refractivity contribution in [2.75, 3.05) is 7.11 Å². The summed E-state index contributed by atoms with van der Waals surface area (Å²) >= 11 is 1.37. The van der Waals surface area contributed by atoms with Crippen LogP contribution in [-0.4, -0.2) is 23.1 Å². The lowest BCUT2D eigenvalue weighted by atomic mass is 10.1. The molecule has 0 aliphatic carbocycles. The fourth-order valence-electron chi connectivity index (χ4n) is 4.23. The van der Waals surface area contributed by atoms with Crippen molar-refractivity contribution in [3.63, 3.8) is 0 Å². The zero-order valence-corrected chi connectivity index (χ0v) is 22.8. The molecule has 1 fully saturated rings. The predicted molar refractivity (Wildman–Crippen MR) is 159 cm³/mol. The van der Waals surface area contributed by atoms with Gasteiger partial charge in [0, 0.05) is 5.56 Å². The summed E-state index contributed by atoms with van der Waals surface area (Å²) in [5.41, 5.74) is 4.29. The Morgan fingerprint density at radius 1 is 0.900 bits per heavy atom. The van der Waals surface area contributed by atoms with E-state index in [0.29, 0.717) is 40.2 Å². The van der Waals surface area contributed by atoms with Crippen molar-refractivity contribution in [3.05, 3.63) is 136 Å². The van der Waals surface area contributed by atoms with E-state index in [1.807, 2.05) is 103 Å². The first kappa shape index (κ1) is 26.8. The van der Waals surface area contributed by atoms with Gasteiger partial charge in [-0.15, -0.1) is 0 Å². The highest BCUT2D eigenvalue weighted by molar-refractivity contribution is 8.18. The van der Waals surface area contributed by atoms with E-state index in [1.54, 1.807) is 18.1 Å². The highest BCUT2D eigenvalue weighted by Crippen LogP contribution is 2.36. The van der Waals surface area contributed by atoms with Crippen molar-refractivity contribution in [2.45, 2.75) is 19.7 Å². The van der Waals surface area contributed by atoms with Gasteiger partial charge >= 0.3 is 0 Å². The normalized spacial score (nSPS) is 14.9. The van der Waals surface area contributed by atoms with Gasteiger partial charge in [0.15, 0.2) is 16.7 Å². The van der Waals surface area contributed by atoms with Gasteiger partial charge in [0.2, 0.25) is 0 Å². The molecule has 1 aliphatic rings. The number of ether oxygens (including phenoxy) is 2. The minimum absolute atomic E-state index is 0.0898. The Morgan fingerprint density at radius 3 is 2.33 bits per heavy atom. The molecule has 0 aromatic heterocycles. The molecule has 5 rings (SSSR count). The summed E-state index contributed by atoms with van der Waals surface area (Å²) in [5.74, 6) is 1.00. The van der Waals surface area contributed by atoms with E-state index in [4.69, 9.17) is 14.5 Å². The zero-order chi connectivity index (χ0) is 27.7. The molecule has 0 radical (unpaired) electrons. The topological polar surface area (TPSA) is 74.9 Å². The molecule has 0 bridgehead atoms. The van der Waals surface area contributed by atoms with Gasteiger partial charge in [-0.05, 0) is 52.7 Å². The molecule has 7 heteroatoms. The van der Waals surface area contributed by atoms with Crippen LogP contribution in [-0.2, 0) is 24.5 Å². The third kappa shape index (κ3) is 6.42. The SMILES string of the molecule is COc1cc(/C=C2/SC(=NCc3ccccc3)N(Cc3ccccc3)C2=O)ccc1OCc1ccccc1C#N. The average Bonchev–Trinajstić information content (AvgIpc) is 3.29. The van der Waals surface area contributed by atoms with E-state index in [-0.39, 0.29) is 12.5 Å². The van der Waals surface area contributed by atoms with Gasteiger partial charge < -0.3 is 9.47 Å². The van der Waals surface area contributed by atoms with Crippen molar-refractivity contribution >= 4 is 28.9 Å². The number of nitriles is 1. The molecule has 1 heterocycles. The Labute approximate surface area is 238 Å². The first-order valence-electron chi connectivity index (χ1n) is 12.8. The van der Waals surface area contributed by atoms with E-state index >= 15 is 0 Å². The Kier molecular flexibility index (Phi) is 8.60. The average molecular weight is 546 g/mol. The van der Waals surface area contributed by atoms with Crippen molar-refractivity contribution in [3.8, 4) is 17.6 Å². The molecule has 0 saturated carbocycles. The number of amidine groups is 1. The highest BCUT2D eigenvalue weighted by atomic mass is 32.2. The maximum atomic E-state index is 13.6. The Hall–Kier alpha value is -4.80. The standard InChI is InChI=1S/C33H27N3O3S/c1-38-30-18-26(16-17-29(30)39-23-28-15-9-8-14-27(28)20-34)19-31-32(37)36(22-25-12-6-3-7-13-25)33(40-31)35-21-24-10-4-2-5-11-24/h2-19H,21-23H2,1H3/b31-19+,35-33?. The van der Waals surface area contributed by atoms with E-state index in [0.717, 1.165) is 22.3 Å². The van der Waals surface area contributed by atoms with Gasteiger partial charge in [-0.2, -0.15) is 5.26 Å². The van der Waals surface area contributed by atoms with Crippen LogP contribution in [0.15, 0.2) is 113 Å². The third-order valence-corrected chi connectivity index (χ3v) is 7.36. The smallest absolute Gasteiger partial charge is 0.267 e. The van der Waals surface area contributed by atoms with Crippen LogP contribution in [0.25, 0.3) is 6.08 Å². The Morgan fingerprint density at radius 2 is 1.60 bits per heavy atom. The number of amides is 1.